The van der Waals surface area contributed by atoms with Crippen molar-refractivity contribution in [2.24, 2.45) is 0 Å². The number of unbranched alkanes of at least 4 members (excludes halogenated alkanes) is 1. The minimum atomic E-state index is -1.51. The predicted molar refractivity (Wildman–Crippen MR) is 104 cm³/mol. The average molecular weight is 331 g/mol. The number of hydrogen-bond donors (Lipinski definition) is 0. The summed E-state index contributed by atoms with van der Waals surface area (Å²) in [6, 6.07) is 12.0. The molecule has 2 heteroatoms. The quantitative estimate of drug-likeness (QED) is 0.283. The van der Waals surface area contributed by atoms with Gasteiger partial charge in [0.15, 0.2) is 8.32 Å². The van der Waals surface area contributed by atoms with Crippen LogP contribution in [0.4, 0.5) is 0 Å². The zero-order valence-corrected chi connectivity index (χ0v) is 16.7. The molecule has 0 heterocycles. The fourth-order valence-electron chi connectivity index (χ4n) is 3.30. The van der Waals surface area contributed by atoms with Crippen LogP contribution in [0.1, 0.15) is 65.0 Å². The smallest absolute Gasteiger partial charge is 0.192 e. The molecule has 0 atom stereocenters. The van der Waals surface area contributed by atoms with Gasteiger partial charge < -0.3 is 4.43 Å². The lowest BCUT2D eigenvalue weighted by Crippen LogP contribution is -2.44. The van der Waals surface area contributed by atoms with Crippen molar-refractivity contribution in [2.45, 2.75) is 84.0 Å². The van der Waals surface area contributed by atoms with Gasteiger partial charge in [-0.1, -0.05) is 45.2 Å². The Morgan fingerprint density at radius 2 is 1.74 bits per heavy atom. The van der Waals surface area contributed by atoms with E-state index in [1.54, 1.807) is 0 Å². The molecular formula is C21H34OSi. The highest BCUT2D eigenvalue weighted by atomic mass is 28.4. The van der Waals surface area contributed by atoms with Crippen molar-refractivity contribution in [1.82, 2.24) is 0 Å². The molecular weight excluding hydrogens is 296 g/mol. The highest BCUT2D eigenvalue weighted by Crippen LogP contribution is 2.30. The number of aryl methyl sites for hydroxylation is 1. The lowest BCUT2D eigenvalue weighted by Gasteiger charge is -2.38. The van der Waals surface area contributed by atoms with E-state index >= 15 is 0 Å². The summed E-state index contributed by atoms with van der Waals surface area (Å²) in [6.45, 7) is 11.4. The molecule has 23 heavy (non-hydrogen) atoms. The number of benzene rings is 1. The zero-order valence-electron chi connectivity index (χ0n) is 15.7. The van der Waals surface area contributed by atoms with Gasteiger partial charge in [0.25, 0.3) is 0 Å². The molecule has 0 radical (unpaired) electrons. The molecule has 1 aromatic rings. The third kappa shape index (κ3) is 6.53. The van der Waals surface area contributed by atoms with Crippen LogP contribution in [0.25, 0.3) is 0 Å². The van der Waals surface area contributed by atoms with Gasteiger partial charge in [-0.15, -0.1) is 6.42 Å². The van der Waals surface area contributed by atoms with Crippen LogP contribution in [-0.2, 0) is 10.8 Å². The Bertz CT molecular complexity index is 501. The fraction of sp³-hybridized carbons (Fsp3) is 0.619. The van der Waals surface area contributed by atoms with E-state index in [0.717, 1.165) is 18.4 Å². The summed E-state index contributed by atoms with van der Waals surface area (Å²) in [5, 5.41) is 0. The van der Waals surface area contributed by atoms with Crippen LogP contribution in [0.3, 0.4) is 0 Å². The van der Waals surface area contributed by atoms with Gasteiger partial charge in [0.2, 0.25) is 0 Å². The summed E-state index contributed by atoms with van der Waals surface area (Å²) in [5.41, 5.74) is 2.34. The van der Waals surface area contributed by atoms with E-state index in [9.17, 15) is 0 Å². The summed E-state index contributed by atoms with van der Waals surface area (Å²) < 4.78 is 6.67. The minimum absolute atomic E-state index is 0.00884. The van der Waals surface area contributed by atoms with E-state index < -0.39 is 8.32 Å². The monoisotopic (exact) mass is 330 g/mol. The Morgan fingerprint density at radius 3 is 2.30 bits per heavy atom. The summed E-state index contributed by atoms with van der Waals surface area (Å²) in [4.78, 5) is 0. The Balaban J connectivity index is 2.45. The molecule has 0 spiro atoms. The van der Waals surface area contributed by atoms with Crippen LogP contribution in [-0.4, -0.2) is 13.9 Å². The van der Waals surface area contributed by atoms with Crippen molar-refractivity contribution in [3.8, 4) is 12.3 Å². The summed E-state index contributed by atoms with van der Waals surface area (Å²) in [5.74, 6) is 2.71. The van der Waals surface area contributed by atoms with Gasteiger partial charge in [0.05, 0.1) is 5.60 Å². The molecule has 0 aliphatic carbocycles. The highest BCUT2D eigenvalue weighted by molar-refractivity contribution is 6.73. The first-order valence-electron chi connectivity index (χ1n) is 9.16. The molecule has 0 saturated carbocycles. The molecule has 0 bridgehead atoms. The summed E-state index contributed by atoms with van der Waals surface area (Å²) in [6.07, 6.45) is 10.1. The largest absolute Gasteiger partial charge is 0.412 e. The second-order valence-corrected chi connectivity index (χ2v) is 11.8. The Kier molecular flexibility index (Phi) is 8.09. The van der Waals surface area contributed by atoms with E-state index in [0.29, 0.717) is 0 Å². The van der Waals surface area contributed by atoms with Gasteiger partial charge in [-0.05, 0) is 68.9 Å². The second kappa shape index (κ2) is 9.30. The van der Waals surface area contributed by atoms with Crippen LogP contribution in [0, 0.1) is 12.3 Å². The molecule has 0 saturated heterocycles. The van der Waals surface area contributed by atoms with E-state index in [4.69, 9.17) is 10.8 Å². The first-order chi connectivity index (χ1) is 10.9. The van der Waals surface area contributed by atoms with Crippen LogP contribution in [0.2, 0.25) is 18.1 Å². The summed E-state index contributed by atoms with van der Waals surface area (Å²) in [7, 11) is -1.51. The van der Waals surface area contributed by atoms with E-state index in [1.165, 1.54) is 36.5 Å². The Morgan fingerprint density at radius 1 is 1.09 bits per heavy atom. The average Bonchev–Trinajstić information content (AvgIpc) is 2.57. The molecule has 0 aromatic heterocycles. The van der Waals surface area contributed by atoms with Crippen LogP contribution >= 0.6 is 0 Å². The molecule has 0 unspecified atom stereocenters. The second-order valence-electron chi connectivity index (χ2n) is 7.16. The molecule has 1 aromatic carbocycles. The topological polar surface area (TPSA) is 9.23 Å². The number of hydrogen-bond acceptors (Lipinski definition) is 1. The highest BCUT2D eigenvalue weighted by Gasteiger charge is 2.35. The molecule has 0 aliphatic heterocycles. The van der Waals surface area contributed by atoms with Crippen molar-refractivity contribution in [2.75, 3.05) is 0 Å². The third-order valence-corrected chi connectivity index (χ3v) is 9.87. The zero-order chi connectivity index (χ0) is 17.3. The molecule has 1 rings (SSSR count). The van der Waals surface area contributed by atoms with E-state index in [-0.39, 0.29) is 5.60 Å². The number of terminal acetylenes is 1. The van der Waals surface area contributed by atoms with Crippen molar-refractivity contribution < 1.29 is 4.43 Å². The molecule has 0 amide bonds. The Labute approximate surface area is 145 Å². The first kappa shape index (κ1) is 20.0. The molecule has 1 nitrogen and oxygen atoms in total. The van der Waals surface area contributed by atoms with Gasteiger partial charge in [-0.25, -0.2) is 0 Å². The molecule has 0 N–H and O–H groups in total. The lowest BCUT2D eigenvalue weighted by molar-refractivity contribution is 0.0829. The van der Waals surface area contributed by atoms with Crippen molar-refractivity contribution in [3.05, 3.63) is 35.4 Å². The van der Waals surface area contributed by atoms with Gasteiger partial charge in [0.1, 0.15) is 0 Å². The normalized spacial score (nSPS) is 12.2. The number of rotatable bonds is 10. The van der Waals surface area contributed by atoms with Gasteiger partial charge >= 0.3 is 0 Å². The maximum atomic E-state index is 6.67. The van der Waals surface area contributed by atoms with Gasteiger partial charge in [-0.3, -0.25) is 0 Å². The Hall–Kier alpha value is -1.04. The molecule has 0 aliphatic rings. The predicted octanol–water partition coefficient (Wildman–Crippen LogP) is 6.18. The van der Waals surface area contributed by atoms with Crippen LogP contribution in [0.15, 0.2) is 24.3 Å². The molecule has 0 fully saturated rings. The fourth-order valence-corrected chi connectivity index (χ4v) is 6.51. The van der Waals surface area contributed by atoms with Crippen LogP contribution < -0.4 is 0 Å². The third-order valence-electron chi connectivity index (χ3n) is 5.01. The van der Waals surface area contributed by atoms with Crippen LogP contribution in [0.5, 0.6) is 0 Å². The van der Waals surface area contributed by atoms with E-state index in [2.05, 4.69) is 58.7 Å². The van der Waals surface area contributed by atoms with Crippen molar-refractivity contribution >= 4 is 8.32 Å². The van der Waals surface area contributed by atoms with E-state index in [1.807, 2.05) is 6.07 Å². The standard InChI is InChI=1S/C21H34OSi/c1-7-19-15-13-16-20(18-19)14-11-12-17-21(5,6)22-23(8-2,9-3)10-4/h1,13,15-16,18H,8-12,14,17H2,2-6H3. The SMILES string of the molecule is C#Cc1cccc(CCCCC(C)(C)O[Si](CC)(CC)CC)c1. The molecule has 128 valence electrons. The summed E-state index contributed by atoms with van der Waals surface area (Å²) >= 11 is 0. The van der Waals surface area contributed by atoms with Crippen molar-refractivity contribution in [3.63, 3.8) is 0 Å². The lowest BCUT2D eigenvalue weighted by atomic mass is 9.98. The maximum absolute atomic E-state index is 6.67. The van der Waals surface area contributed by atoms with Gasteiger partial charge in [-0.2, -0.15) is 0 Å². The van der Waals surface area contributed by atoms with Gasteiger partial charge in [0, 0.05) is 5.56 Å². The maximum Gasteiger partial charge on any atom is 0.192 e. The first-order valence-corrected chi connectivity index (χ1v) is 11.7. The van der Waals surface area contributed by atoms with Crippen molar-refractivity contribution in [1.29, 1.82) is 0 Å². The minimum Gasteiger partial charge on any atom is -0.412 e.